The predicted octanol–water partition coefficient (Wildman–Crippen LogP) is 5.64. The molecule has 0 saturated heterocycles. The fourth-order valence-electron chi connectivity index (χ4n) is 2.36. The molecule has 1 heteroatoms. The fraction of sp³-hybridized carbons (Fsp3) is 0.625. The first kappa shape index (κ1) is 14.6. The van der Waals surface area contributed by atoms with Crippen LogP contribution in [0, 0.1) is 33.1 Å². The number of halogens is 1. The third kappa shape index (κ3) is 3.48. The second-order valence-electron chi connectivity index (χ2n) is 6.41. The summed E-state index contributed by atoms with van der Waals surface area (Å²) >= 11 is 6.65. The largest absolute Gasteiger partial charge is 0.118 e. The first-order valence-corrected chi connectivity index (χ1v) is 6.78. The van der Waals surface area contributed by atoms with Crippen LogP contribution in [-0.4, -0.2) is 0 Å². The molecule has 96 valence electrons. The summed E-state index contributed by atoms with van der Waals surface area (Å²) in [5.41, 5.74) is 7.03. The molecule has 0 aromatic heterocycles. The number of alkyl halides is 1. The Hall–Kier alpha value is -0.490. The van der Waals surface area contributed by atoms with Crippen molar-refractivity contribution in [1.29, 1.82) is 0 Å². The average Bonchev–Trinajstić information content (AvgIpc) is 2.12. The molecule has 0 aliphatic heterocycles. The monoisotopic (exact) mass is 252 g/mol. The minimum atomic E-state index is 0.119. The Morgan fingerprint density at radius 2 is 1.41 bits per heavy atom. The van der Waals surface area contributed by atoms with Crippen molar-refractivity contribution >= 4 is 11.6 Å². The van der Waals surface area contributed by atoms with E-state index in [4.69, 9.17) is 11.6 Å². The van der Waals surface area contributed by atoms with E-state index >= 15 is 0 Å². The molecule has 17 heavy (non-hydrogen) atoms. The summed E-state index contributed by atoms with van der Waals surface area (Å²) in [5, 5.41) is 0.119. The summed E-state index contributed by atoms with van der Waals surface area (Å²) in [4.78, 5) is 0. The van der Waals surface area contributed by atoms with Gasteiger partial charge in [0.05, 0.1) is 5.38 Å². The van der Waals surface area contributed by atoms with E-state index in [-0.39, 0.29) is 10.8 Å². The highest BCUT2D eigenvalue weighted by Crippen LogP contribution is 2.38. The number of aryl methyl sites for hydroxylation is 2. The molecule has 0 heterocycles. The molecule has 0 aliphatic rings. The van der Waals surface area contributed by atoms with E-state index < -0.39 is 0 Å². The van der Waals surface area contributed by atoms with Gasteiger partial charge in [-0.1, -0.05) is 26.8 Å². The molecule has 1 rings (SSSR count). The van der Waals surface area contributed by atoms with Gasteiger partial charge in [-0.05, 0) is 67.3 Å². The van der Waals surface area contributed by atoms with Crippen LogP contribution in [0.25, 0.3) is 0 Å². The van der Waals surface area contributed by atoms with Crippen LogP contribution < -0.4 is 0 Å². The lowest BCUT2D eigenvalue weighted by atomic mass is 9.84. The van der Waals surface area contributed by atoms with E-state index in [1.807, 2.05) is 0 Å². The first-order valence-electron chi connectivity index (χ1n) is 6.35. The normalized spacial score (nSPS) is 13.9. The van der Waals surface area contributed by atoms with Crippen molar-refractivity contribution < 1.29 is 0 Å². The molecule has 0 N–H and O–H groups in total. The summed E-state index contributed by atoms with van der Waals surface area (Å²) in [7, 11) is 0. The molecule has 0 nitrogen and oxygen atoms in total. The molecule has 0 aliphatic carbocycles. The maximum atomic E-state index is 6.65. The van der Waals surface area contributed by atoms with Crippen molar-refractivity contribution in [2.24, 2.45) is 5.41 Å². The minimum Gasteiger partial charge on any atom is -0.118 e. The highest BCUT2D eigenvalue weighted by Gasteiger charge is 2.22. The van der Waals surface area contributed by atoms with Crippen molar-refractivity contribution in [3.8, 4) is 0 Å². The number of rotatable bonds is 2. The van der Waals surface area contributed by atoms with E-state index in [1.165, 1.54) is 27.8 Å². The summed E-state index contributed by atoms with van der Waals surface area (Å²) < 4.78 is 0. The molecule has 0 radical (unpaired) electrons. The third-order valence-electron chi connectivity index (χ3n) is 3.53. The van der Waals surface area contributed by atoms with E-state index in [9.17, 15) is 0 Å². The Bertz CT molecular complexity index is 384. The smallest absolute Gasteiger partial charge is 0.0595 e. The van der Waals surface area contributed by atoms with Gasteiger partial charge in [-0.2, -0.15) is 0 Å². The van der Waals surface area contributed by atoms with Crippen LogP contribution in [0.5, 0.6) is 0 Å². The Morgan fingerprint density at radius 3 is 1.76 bits per heavy atom. The molecule has 1 atom stereocenters. The molecule has 0 fully saturated rings. The quantitative estimate of drug-likeness (QED) is 0.598. The summed E-state index contributed by atoms with van der Waals surface area (Å²) in [6, 6.07) is 2.26. The van der Waals surface area contributed by atoms with E-state index in [1.54, 1.807) is 0 Å². The lowest BCUT2D eigenvalue weighted by molar-refractivity contribution is 0.372. The highest BCUT2D eigenvalue weighted by molar-refractivity contribution is 6.21. The first-order chi connectivity index (χ1) is 7.63. The van der Waals surface area contributed by atoms with Gasteiger partial charge in [-0.15, -0.1) is 11.6 Å². The second-order valence-corrected chi connectivity index (χ2v) is 6.93. The SMILES string of the molecule is Cc1cc(C)c(C)c(C(Cl)CC(C)(C)C)c1C. The van der Waals surface area contributed by atoms with Gasteiger partial charge in [0.15, 0.2) is 0 Å². The third-order valence-corrected chi connectivity index (χ3v) is 3.90. The Kier molecular flexibility index (Phi) is 4.30. The van der Waals surface area contributed by atoms with Crippen molar-refractivity contribution in [2.45, 2.75) is 60.3 Å². The molecular weight excluding hydrogens is 228 g/mol. The van der Waals surface area contributed by atoms with Crippen molar-refractivity contribution in [3.05, 3.63) is 33.9 Å². The maximum absolute atomic E-state index is 6.65. The number of hydrogen-bond donors (Lipinski definition) is 0. The Morgan fingerprint density at radius 1 is 1.00 bits per heavy atom. The predicted molar refractivity (Wildman–Crippen MR) is 78.1 cm³/mol. The molecule has 1 aromatic carbocycles. The van der Waals surface area contributed by atoms with Crippen molar-refractivity contribution in [2.75, 3.05) is 0 Å². The summed E-state index contributed by atoms with van der Waals surface area (Å²) in [6.07, 6.45) is 1.01. The van der Waals surface area contributed by atoms with Crippen molar-refractivity contribution in [3.63, 3.8) is 0 Å². The Labute approximate surface area is 111 Å². The lowest BCUT2D eigenvalue weighted by Gasteiger charge is -2.26. The number of benzene rings is 1. The highest BCUT2D eigenvalue weighted by atomic mass is 35.5. The molecule has 0 amide bonds. The van der Waals surface area contributed by atoms with Crippen molar-refractivity contribution in [1.82, 2.24) is 0 Å². The van der Waals surface area contributed by atoms with Gasteiger partial charge < -0.3 is 0 Å². The van der Waals surface area contributed by atoms with Crippen LogP contribution in [0.1, 0.15) is 60.4 Å². The zero-order valence-electron chi connectivity index (χ0n) is 12.2. The van der Waals surface area contributed by atoms with Gasteiger partial charge >= 0.3 is 0 Å². The van der Waals surface area contributed by atoms with Crippen LogP contribution in [0.4, 0.5) is 0 Å². The molecule has 0 saturated carbocycles. The minimum absolute atomic E-state index is 0.119. The maximum Gasteiger partial charge on any atom is 0.0595 e. The van der Waals surface area contributed by atoms with E-state index in [2.05, 4.69) is 54.5 Å². The van der Waals surface area contributed by atoms with Gasteiger partial charge in [0, 0.05) is 0 Å². The zero-order valence-corrected chi connectivity index (χ0v) is 13.0. The summed E-state index contributed by atoms with van der Waals surface area (Å²) in [5.74, 6) is 0. The van der Waals surface area contributed by atoms with Crippen LogP contribution in [-0.2, 0) is 0 Å². The van der Waals surface area contributed by atoms with Gasteiger partial charge in [0.25, 0.3) is 0 Å². The van der Waals surface area contributed by atoms with Crippen LogP contribution >= 0.6 is 11.6 Å². The lowest BCUT2D eigenvalue weighted by Crippen LogP contribution is -2.11. The summed E-state index contributed by atoms with van der Waals surface area (Å²) in [6.45, 7) is 15.5. The topological polar surface area (TPSA) is 0 Å². The van der Waals surface area contributed by atoms with Gasteiger partial charge in [0.2, 0.25) is 0 Å². The van der Waals surface area contributed by atoms with Crippen LogP contribution in [0.2, 0.25) is 0 Å². The van der Waals surface area contributed by atoms with Crippen LogP contribution in [0.15, 0.2) is 6.07 Å². The molecule has 1 unspecified atom stereocenters. The molecule has 0 spiro atoms. The van der Waals surface area contributed by atoms with Crippen LogP contribution in [0.3, 0.4) is 0 Å². The standard InChI is InChI=1S/C16H25Cl/c1-10-8-11(2)13(4)15(12(10)3)14(17)9-16(5,6)7/h8,14H,9H2,1-7H3. The molecule has 1 aromatic rings. The Balaban J connectivity index is 3.21. The fourth-order valence-corrected chi connectivity index (χ4v) is 3.15. The second kappa shape index (κ2) is 5.02. The van der Waals surface area contributed by atoms with Gasteiger partial charge in [0.1, 0.15) is 0 Å². The van der Waals surface area contributed by atoms with Gasteiger partial charge in [-0.25, -0.2) is 0 Å². The van der Waals surface area contributed by atoms with Gasteiger partial charge in [-0.3, -0.25) is 0 Å². The average molecular weight is 253 g/mol. The number of hydrogen-bond acceptors (Lipinski definition) is 0. The molecule has 0 bridgehead atoms. The molecular formula is C16H25Cl. The van der Waals surface area contributed by atoms with E-state index in [0.29, 0.717) is 0 Å². The van der Waals surface area contributed by atoms with E-state index in [0.717, 1.165) is 6.42 Å². The zero-order chi connectivity index (χ0) is 13.4.